The van der Waals surface area contributed by atoms with Gasteiger partial charge in [-0.2, -0.15) is 0 Å². The van der Waals surface area contributed by atoms with E-state index in [1.54, 1.807) is 0 Å². The maximum atomic E-state index is 11.9. The summed E-state index contributed by atoms with van der Waals surface area (Å²) in [6.07, 6.45) is 2.61. The van der Waals surface area contributed by atoms with Gasteiger partial charge in [0.2, 0.25) is 0 Å². The highest BCUT2D eigenvalue weighted by molar-refractivity contribution is 5.83. The highest BCUT2D eigenvalue weighted by Crippen LogP contribution is 2.18. The van der Waals surface area contributed by atoms with Crippen LogP contribution in [-0.4, -0.2) is 10.2 Å². The van der Waals surface area contributed by atoms with Gasteiger partial charge < -0.3 is 5.10 Å². The van der Waals surface area contributed by atoms with Gasteiger partial charge in [0.25, 0.3) is 5.56 Å². The Bertz CT molecular complexity index is 783. The van der Waals surface area contributed by atoms with Gasteiger partial charge in [-0.25, -0.2) is 0 Å². The van der Waals surface area contributed by atoms with E-state index in [0.717, 1.165) is 24.1 Å². The van der Waals surface area contributed by atoms with Crippen LogP contribution in [0.1, 0.15) is 30.2 Å². The van der Waals surface area contributed by atoms with Crippen molar-refractivity contribution in [3.05, 3.63) is 69.6 Å². The molecule has 0 bridgehead atoms. The van der Waals surface area contributed by atoms with E-state index in [2.05, 4.69) is 47.5 Å². The van der Waals surface area contributed by atoms with E-state index in [1.165, 1.54) is 16.3 Å². The van der Waals surface area contributed by atoms with Crippen molar-refractivity contribution in [2.24, 2.45) is 0 Å². The molecule has 3 heteroatoms. The van der Waals surface area contributed by atoms with Gasteiger partial charge in [-0.15, -0.1) is 0 Å². The molecule has 102 valence electrons. The molecule has 1 heterocycles. The average Bonchev–Trinajstić information content (AvgIpc) is 2.81. The fourth-order valence-corrected chi connectivity index (χ4v) is 2.62. The Hall–Kier alpha value is -2.29. The molecule has 0 atom stereocenters. The van der Waals surface area contributed by atoms with Crippen LogP contribution in [0.4, 0.5) is 0 Å². The van der Waals surface area contributed by atoms with Gasteiger partial charge in [0.1, 0.15) is 0 Å². The molecule has 0 unspecified atom stereocenters. The van der Waals surface area contributed by atoms with Crippen LogP contribution in [0.15, 0.2) is 47.3 Å². The van der Waals surface area contributed by atoms with Crippen molar-refractivity contribution in [3.63, 3.8) is 0 Å². The first-order valence-corrected chi connectivity index (χ1v) is 7.04. The summed E-state index contributed by atoms with van der Waals surface area (Å²) in [7, 11) is 0. The number of fused-ring (bicyclic) bond motifs is 1. The third-order valence-electron chi connectivity index (χ3n) is 3.66. The molecule has 0 saturated heterocycles. The molecule has 0 aliphatic carbocycles. The molecular formula is C17H18N2O. The molecule has 3 rings (SSSR count). The Morgan fingerprint density at radius 3 is 2.60 bits per heavy atom. The highest BCUT2D eigenvalue weighted by atomic mass is 16.1. The highest BCUT2D eigenvalue weighted by Gasteiger charge is 2.10. The van der Waals surface area contributed by atoms with E-state index < -0.39 is 0 Å². The lowest BCUT2D eigenvalue weighted by molar-refractivity contribution is 0.856. The van der Waals surface area contributed by atoms with E-state index in [1.807, 2.05) is 12.1 Å². The summed E-state index contributed by atoms with van der Waals surface area (Å²) in [5.41, 5.74) is 3.07. The first-order chi connectivity index (χ1) is 9.78. The van der Waals surface area contributed by atoms with Crippen molar-refractivity contribution in [3.8, 4) is 0 Å². The quantitative estimate of drug-likeness (QED) is 0.747. The first kappa shape index (κ1) is 12.7. The van der Waals surface area contributed by atoms with Crippen molar-refractivity contribution in [1.82, 2.24) is 10.2 Å². The number of aryl methyl sites for hydroxylation is 1. The largest absolute Gasteiger partial charge is 0.302 e. The second-order valence-electron chi connectivity index (χ2n) is 5.14. The predicted octanol–water partition coefficient (Wildman–Crippen LogP) is 3.40. The minimum Gasteiger partial charge on any atom is -0.302 e. The summed E-state index contributed by atoms with van der Waals surface area (Å²) >= 11 is 0. The van der Waals surface area contributed by atoms with Crippen LogP contribution in [-0.2, 0) is 12.8 Å². The van der Waals surface area contributed by atoms with Crippen molar-refractivity contribution in [2.45, 2.75) is 26.2 Å². The second-order valence-corrected chi connectivity index (χ2v) is 5.14. The number of benzene rings is 2. The molecule has 0 aliphatic heterocycles. The van der Waals surface area contributed by atoms with Crippen LogP contribution < -0.4 is 5.56 Å². The molecule has 0 radical (unpaired) electrons. The van der Waals surface area contributed by atoms with E-state index in [0.29, 0.717) is 6.42 Å². The Morgan fingerprint density at radius 2 is 1.80 bits per heavy atom. The minimum absolute atomic E-state index is 0.00149. The molecule has 3 nitrogen and oxygen atoms in total. The molecular weight excluding hydrogens is 248 g/mol. The van der Waals surface area contributed by atoms with Crippen LogP contribution in [0.3, 0.4) is 0 Å². The zero-order chi connectivity index (χ0) is 13.9. The standard InChI is InChI=1S/C17H18N2O/c1-2-5-16-15(17(20)19-18-16)11-12-8-9-13-6-3-4-7-14(13)10-12/h3-4,6-10H,2,5,11H2,1H3,(H2,18,19,20). The molecule has 1 aromatic heterocycles. The minimum atomic E-state index is 0.00149. The summed E-state index contributed by atoms with van der Waals surface area (Å²) in [5.74, 6) is 0. The average molecular weight is 266 g/mol. The van der Waals surface area contributed by atoms with Gasteiger partial charge >= 0.3 is 0 Å². The maximum absolute atomic E-state index is 11.9. The predicted molar refractivity (Wildman–Crippen MR) is 82.2 cm³/mol. The van der Waals surface area contributed by atoms with E-state index in [-0.39, 0.29) is 5.56 Å². The van der Waals surface area contributed by atoms with Crippen molar-refractivity contribution in [1.29, 1.82) is 0 Å². The SMILES string of the molecule is CCCc1[nH][nH]c(=O)c1Cc1ccc2ccccc2c1. The summed E-state index contributed by atoms with van der Waals surface area (Å²) in [6.45, 7) is 2.12. The van der Waals surface area contributed by atoms with Gasteiger partial charge in [0, 0.05) is 17.7 Å². The van der Waals surface area contributed by atoms with Gasteiger partial charge in [-0.3, -0.25) is 9.89 Å². The zero-order valence-corrected chi connectivity index (χ0v) is 11.6. The molecule has 0 amide bonds. The topological polar surface area (TPSA) is 48.6 Å². The van der Waals surface area contributed by atoms with Gasteiger partial charge in [0.05, 0.1) is 0 Å². The van der Waals surface area contributed by atoms with E-state index >= 15 is 0 Å². The smallest absolute Gasteiger partial charge is 0.267 e. The van der Waals surface area contributed by atoms with Crippen molar-refractivity contribution >= 4 is 10.8 Å². The summed E-state index contributed by atoms with van der Waals surface area (Å²) in [5, 5.41) is 8.14. The normalized spacial score (nSPS) is 11.1. The molecule has 0 fully saturated rings. The number of hydrogen-bond donors (Lipinski definition) is 2. The Labute approximate surface area is 117 Å². The third kappa shape index (κ3) is 2.39. The number of rotatable bonds is 4. The second kappa shape index (κ2) is 5.37. The van der Waals surface area contributed by atoms with E-state index in [4.69, 9.17) is 0 Å². The lowest BCUT2D eigenvalue weighted by Crippen LogP contribution is -2.07. The Kier molecular flexibility index (Phi) is 3.42. The van der Waals surface area contributed by atoms with E-state index in [9.17, 15) is 4.79 Å². The molecule has 0 spiro atoms. The lowest BCUT2D eigenvalue weighted by atomic mass is 10.0. The van der Waals surface area contributed by atoms with Crippen LogP contribution in [0, 0.1) is 0 Å². The summed E-state index contributed by atoms with van der Waals surface area (Å²) in [6, 6.07) is 14.7. The van der Waals surface area contributed by atoms with Crippen LogP contribution in [0.25, 0.3) is 10.8 Å². The fraction of sp³-hybridized carbons (Fsp3) is 0.235. The zero-order valence-electron chi connectivity index (χ0n) is 11.6. The number of hydrogen-bond acceptors (Lipinski definition) is 1. The fourth-order valence-electron chi connectivity index (χ4n) is 2.62. The summed E-state index contributed by atoms with van der Waals surface area (Å²) < 4.78 is 0. The molecule has 0 saturated carbocycles. The van der Waals surface area contributed by atoms with Gasteiger partial charge in [0.15, 0.2) is 0 Å². The Morgan fingerprint density at radius 1 is 1.00 bits per heavy atom. The monoisotopic (exact) mass is 266 g/mol. The molecule has 0 aliphatic rings. The number of aromatic nitrogens is 2. The van der Waals surface area contributed by atoms with Crippen LogP contribution in [0.2, 0.25) is 0 Å². The summed E-state index contributed by atoms with van der Waals surface area (Å²) in [4.78, 5) is 11.9. The Balaban J connectivity index is 1.97. The number of nitrogens with one attached hydrogen (secondary N) is 2. The molecule has 3 aromatic rings. The maximum Gasteiger partial charge on any atom is 0.267 e. The molecule has 20 heavy (non-hydrogen) atoms. The third-order valence-corrected chi connectivity index (χ3v) is 3.66. The molecule has 2 N–H and O–H groups in total. The van der Waals surface area contributed by atoms with Gasteiger partial charge in [-0.05, 0) is 22.8 Å². The lowest BCUT2D eigenvalue weighted by Gasteiger charge is -2.04. The van der Waals surface area contributed by atoms with Crippen LogP contribution in [0.5, 0.6) is 0 Å². The number of aromatic amines is 2. The first-order valence-electron chi connectivity index (χ1n) is 7.04. The van der Waals surface area contributed by atoms with Crippen LogP contribution >= 0.6 is 0 Å². The molecule has 2 aromatic carbocycles. The van der Waals surface area contributed by atoms with Crippen molar-refractivity contribution < 1.29 is 0 Å². The number of H-pyrrole nitrogens is 2. The van der Waals surface area contributed by atoms with Crippen molar-refractivity contribution in [2.75, 3.05) is 0 Å². The van der Waals surface area contributed by atoms with Gasteiger partial charge in [-0.1, -0.05) is 55.8 Å².